The molecule has 1 heterocycles. The van der Waals surface area contributed by atoms with Crippen molar-refractivity contribution in [2.24, 2.45) is 5.73 Å². The van der Waals surface area contributed by atoms with Gasteiger partial charge in [0.05, 0.1) is 12.2 Å². The van der Waals surface area contributed by atoms with Gasteiger partial charge in [0.1, 0.15) is 5.84 Å². The average Bonchev–Trinajstić information content (AvgIpc) is 2.67. The van der Waals surface area contributed by atoms with Gasteiger partial charge in [-0.2, -0.15) is 5.10 Å². The molecule has 3 rings (SSSR count). The zero-order valence-electron chi connectivity index (χ0n) is 15.7. The number of nitrogens with one attached hydrogen (secondary N) is 1. The summed E-state index contributed by atoms with van der Waals surface area (Å²) in [5.41, 5.74) is 6.30. The summed E-state index contributed by atoms with van der Waals surface area (Å²) >= 11 is 0. The van der Waals surface area contributed by atoms with E-state index in [1.54, 1.807) is 24.3 Å². The standard InChI is InChI=1S/C18H13F3N4O.C2H4O2/c19-13-7-12(8-14(20)17(13)21)15-4-5-16(26)25(24-15)9-10-2-1-3-11(6-10)18(22)23;1-2(3)4/h1-8H,9H2,(H3,22,23);1H3,(H,3,4). The van der Waals surface area contributed by atoms with Crippen molar-refractivity contribution in [3.8, 4) is 11.3 Å². The molecule has 0 atom stereocenters. The fourth-order valence-corrected chi connectivity index (χ4v) is 2.43. The molecule has 0 aliphatic carbocycles. The first kappa shape index (κ1) is 22.3. The van der Waals surface area contributed by atoms with Gasteiger partial charge in [-0.05, 0) is 29.8 Å². The summed E-state index contributed by atoms with van der Waals surface area (Å²) in [7, 11) is 0. The number of benzene rings is 2. The number of rotatable bonds is 4. The lowest BCUT2D eigenvalue weighted by Crippen LogP contribution is -2.23. The topological polar surface area (TPSA) is 122 Å². The number of hydrogen-bond acceptors (Lipinski definition) is 4. The van der Waals surface area contributed by atoms with Gasteiger partial charge in [-0.3, -0.25) is 15.0 Å². The highest BCUT2D eigenvalue weighted by atomic mass is 19.2. The minimum absolute atomic E-state index is 0.00707. The number of carbonyl (C=O) groups is 1. The monoisotopic (exact) mass is 418 g/mol. The summed E-state index contributed by atoms with van der Waals surface area (Å²) in [5, 5.41) is 19.0. The van der Waals surface area contributed by atoms with Gasteiger partial charge in [0, 0.05) is 24.1 Å². The number of nitrogen functional groups attached to an aromatic ring is 1. The van der Waals surface area contributed by atoms with Crippen molar-refractivity contribution in [1.29, 1.82) is 5.41 Å². The number of aliphatic carboxylic acids is 1. The van der Waals surface area contributed by atoms with Crippen molar-refractivity contribution in [3.63, 3.8) is 0 Å². The van der Waals surface area contributed by atoms with Crippen LogP contribution in [0, 0.1) is 22.9 Å². The second-order valence-corrected chi connectivity index (χ2v) is 6.10. The van der Waals surface area contributed by atoms with E-state index >= 15 is 0 Å². The van der Waals surface area contributed by atoms with Crippen molar-refractivity contribution in [1.82, 2.24) is 9.78 Å². The van der Waals surface area contributed by atoms with Gasteiger partial charge >= 0.3 is 0 Å². The molecule has 0 unspecified atom stereocenters. The Morgan fingerprint density at radius 3 is 2.30 bits per heavy atom. The minimum atomic E-state index is -1.57. The Labute approximate surface area is 168 Å². The van der Waals surface area contributed by atoms with E-state index in [9.17, 15) is 18.0 Å². The molecule has 0 saturated heterocycles. The van der Waals surface area contributed by atoms with Crippen LogP contribution in [0.4, 0.5) is 13.2 Å². The maximum absolute atomic E-state index is 13.4. The van der Waals surface area contributed by atoms with Gasteiger partial charge in [-0.25, -0.2) is 17.9 Å². The van der Waals surface area contributed by atoms with Crippen LogP contribution in [-0.4, -0.2) is 26.7 Å². The number of carboxylic acid groups (broad SMARTS) is 1. The smallest absolute Gasteiger partial charge is 0.300 e. The molecule has 4 N–H and O–H groups in total. The van der Waals surface area contributed by atoms with Crippen LogP contribution < -0.4 is 11.3 Å². The molecule has 1 aromatic heterocycles. The first-order chi connectivity index (χ1) is 14.1. The normalized spacial score (nSPS) is 10.1. The van der Waals surface area contributed by atoms with Crippen LogP contribution in [0.25, 0.3) is 11.3 Å². The molecule has 10 heteroatoms. The molecule has 7 nitrogen and oxygen atoms in total. The molecule has 30 heavy (non-hydrogen) atoms. The summed E-state index contributed by atoms with van der Waals surface area (Å²) in [6.07, 6.45) is 0. The Morgan fingerprint density at radius 1 is 1.13 bits per heavy atom. The number of amidine groups is 1. The summed E-state index contributed by atoms with van der Waals surface area (Å²) in [5.74, 6) is -5.19. The Kier molecular flexibility index (Phi) is 7.08. The molecule has 156 valence electrons. The molecule has 0 aliphatic heterocycles. The Balaban J connectivity index is 0.000000735. The summed E-state index contributed by atoms with van der Waals surface area (Å²) in [6.45, 7) is 1.15. The first-order valence-electron chi connectivity index (χ1n) is 8.44. The molecule has 0 aliphatic rings. The minimum Gasteiger partial charge on any atom is -0.481 e. The lowest BCUT2D eigenvalue weighted by molar-refractivity contribution is -0.134. The molecule has 0 spiro atoms. The van der Waals surface area contributed by atoms with Gasteiger partial charge in [-0.15, -0.1) is 0 Å². The van der Waals surface area contributed by atoms with Crippen LogP contribution >= 0.6 is 0 Å². The lowest BCUT2D eigenvalue weighted by atomic mass is 10.1. The molecular formula is C20H17F3N4O3. The van der Waals surface area contributed by atoms with Crippen molar-refractivity contribution >= 4 is 11.8 Å². The van der Waals surface area contributed by atoms with Gasteiger partial charge in [0.15, 0.2) is 17.5 Å². The Bertz CT molecular complexity index is 1140. The van der Waals surface area contributed by atoms with E-state index < -0.39 is 29.0 Å². The maximum atomic E-state index is 13.4. The third kappa shape index (κ3) is 5.77. The van der Waals surface area contributed by atoms with Gasteiger partial charge in [-0.1, -0.05) is 18.2 Å². The highest BCUT2D eigenvalue weighted by molar-refractivity contribution is 5.95. The summed E-state index contributed by atoms with van der Waals surface area (Å²) in [4.78, 5) is 21.0. The summed E-state index contributed by atoms with van der Waals surface area (Å²) in [6, 6.07) is 10.8. The molecule has 0 fully saturated rings. The Morgan fingerprint density at radius 2 is 1.73 bits per heavy atom. The highest BCUT2D eigenvalue weighted by Gasteiger charge is 2.13. The number of nitrogens with two attached hydrogens (primary N) is 1. The number of nitrogens with zero attached hydrogens (tertiary/aromatic N) is 2. The molecule has 0 amide bonds. The second kappa shape index (κ2) is 9.50. The van der Waals surface area contributed by atoms with Crippen LogP contribution in [-0.2, 0) is 11.3 Å². The fourth-order valence-electron chi connectivity index (χ4n) is 2.43. The zero-order chi connectivity index (χ0) is 22.4. The van der Waals surface area contributed by atoms with Crippen molar-refractivity contribution in [3.05, 3.63) is 87.5 Å². The Hall–Kier alpha value is -3.95. The molecular weight excluding hydrogens is 401 g/mol. The predicted molar refractivity (Wildman–Crippen MR) is 104 cm³/mol. The van der Waals surface area contributed by atoms with Crippen LogP contribution in [0.1, 0.15) is 18.1 Å². The van der Waals surface area contributed by atoms with E-state index in [1.807, 2.05) is 0 Å². The predicted octanol–water partition coefficient (Wildman–Crippen LogP) is 2.75. The van der Waals surface area contributed by atoms with Crippen LogP contribution in [0.5, 0.6) is 0 Å². The number of hydrogen-bond donors (Lipinski definition) is 3. The van der Waals surface area contributed by atoms with Gasteiger partial charge < -0.3 is 10.8 Å². The molecule has 0 bridgehead atoms. The number of carboxylic acids is 1. The molecule has 0 saturated carbocycles. The van der Waals surface area contributed by atoms with Crippen LogP contribution in [0.2, 0.25) is 0 Å². The first-order valence-corrected chi connectivity index (χ1v) is 8.44. The third-order valence-electron chi connectivity index (χ3n) is 3.72. The van der Waals surface area contributed by atoms with Gasteiger partial charge in [0.2, 0.25) is 0 Å². The van der Waals surface area contributed by atoms with E-state index in [0.717, 1.165) is 23.7 Å². The zero-order valence-corrected chi connectivity index (χ0v) is 15.7. The van der Waals surface area contributed by atoms with Gasteiger partial charge in [0.25, 0.3) is 11.5 Å². The van der Waals surface area contributed by atoms with E-state index in [-0.39, 0.29) is 23.6 Å². The maximum Gasteiger partial charge on any atom is 0.300 e. The fraction of sp³-hybridized carbons (Fsp3) is 0.100. The van der Waals surface area contributed by atoms with E-state index in [4.69, 9.17) is 21.0 Å². The molecule has 0 radical (unpaired) electrons. The second-order valence-electron chi connectivity index (χ2n) is 6.10. The van der Waals surface area contributed by atoms with Crippen LogP contribution in [0.3, 0.4) is 0 Å². The van der Waals surface area contributed by atoms with E-state index in [1.165, 1.54) is 12.1 Å². The lowest BCUT2D eigenvalue weighted by Gasteiger charge is -2.09. The highest BCUT2D eigenvalue weighted by Crippen LogP contribution is 2.21. The van der Waals surface area contributed by atoms with Crippen molar-refractivity contribution in [2.45, 2.75) is 13.5 Å². The van der Waals surface area contributed by atoms with E-state index in [2.05, 4.69) is 5.10 Å². The molecule has 3 aromatic rings. The molecule has 2 aromatic carbocycles. The largest absolute Gasteiger partial charge is 0.481 e. The average molecular weight is 418 g/mol. The van der Waals surface area contributed by atoms with E-state index in [0.29, 0.717) is 11.1 Å². The van der Waals surface area contributed by atoms with Crippen LogP contribution in [0.15, 0.2) is 53.3 Å². The summed E-state index contributed by atoms with van der Waals surface area (Å²) < 4.78 is 41.1. The SMILES string of the molecule is CC(=O)O.N=C(N)c1cccc(Cn2nc(-c3cc(F)c(F)c(F)c3)ccc2=O)c1. The van der Waals surface area contributed by atoms with Crippen molar-refractivity contribution in [2.75, 3.05) is 0 Å². The van der Waals surface area contributed by atoms with Crippen molar-refractivity contribution < 1.29 is 23.1 Å². The quantitative estimate of drug-likeness (QED) is 0.342. The number of halogens is 3. The third-order valence-corrected chi connectivity index (χ3v) is 3.72. The number of aromatic nitrogens is 2.